The van der Waals surface area contributed by atoms with Crippen LogP contribution in [0, 0.1) is 6.92 Å². The van der Waals surface area contributed by atoms with E-state index in [1.54, 1.807) is 4.90 Å². The summed E-state index contributed by atoms with van der Waals surface area (Å²) in [6.45, 7) is 4.45. The summed E-state index contributed by atoms with van der Waals surface area (Å²) < 4.78 is 0. The van der Waals surface area contributed by atoms with Gasteiger partial charge < -0.3 is 10.3 Å². The van der Waals surface area contributed by atoms with Crippen molar-refractivity contribution in [3.63, 3.8) is 0 Å². The lowest BCUT2D eigenvalue weighted by molar-refractivity contribution is -0.126. The highest BCUT2D eigenvalue weighted by Crippen LogP contribution is 2.32. The number of benzene rings is 2. The smallest absolute Gasteiger partial charge is 0.243 e. The Kier molecular flexibility index (Phi) is 4.90. The molecule has 2 aromatic carbocycles. The number of carbonyl (C=O) groups is 2. The third kappa shape index (κ3) is 3.28. The van der Waals surface area contributed by atoms with E-state index in [0.29, 0.717) is 19.4 Å². The highest BCUT2D eigenvalue weighted by atomic mass is 16.2. The number of aromatic nitrogens is 1. The summed E-state index contributed by atoms with van der Waals surface area (Å²) in [5.74, 6) is -0.105. The van der Waals surface area contributed by atoms with E-state index >= 15 is 0 Å². The van der Waals surface area contributed by atoms with Crippen LogP contribution in [0.5, 0.6) is 0 Å². The fourth-order valence-corrected chi connectivity index (χ4v) is 4.01. The molecule has 1 atom stereocenters. The Morgan fingerprint density at radius 1 is 1.21 bits per heavy atom. The van der Waals surface area contributed by atoms with Gasteiger partial charge in [-0.1, -0.05) is 36.8 Å². The van der Waals surface area contributed by atoms with Gasteiger partial charge in [0, 0.05) is 42.2 Å². The molecule has 1 aliphatic rings. The number of H-pyrrole nitrogens is 1. The number of fused-ring (bicyclic) bond motifs is 2. The first-order valence-electron chi connectivity index (χ1n) is 9.82. The quantitative estimate of drug-likeness (QED) is 0.717. The largest absolute Gasteiger partial charge is 0.361 e. The molecule has 1 aliphatic heterocycles. The van der Waals surface area contributed by atoms with E-state index in [4.69, 9.17) is 0 Å². The Balaban J connectivity index is 1.44. The van der Waals surface area contributed by atoms with Gasteiger partial charge in [0.1, 0.15) is 6.04 Å². The second-order valence-corrected chi connectivity index (χ2v) is 7.37. The zero-order chi connectivity index (χ0) is 19.7. The molecule has 3 aromatic rings. The molecule has 5 nitrogen and oxygen atoms in total. The number of para-hydroxylation sites is 1. The van der Waals surface area contributed by atoms with Crippen LogP contribution in [0.2, 0.25) is 0 Å². The fourth-order valence-electron chi connectivity index (χ4n) is 4.01. The van der Waals surface area contributed by atoms with Gasteiger partial charge in [0.2, 0.25) is 11.8 Å². The summed E-state index contributed by atoms with van der Waals surface area (Å²) in [6.07, 6.45) is 3.71. The van der Waals surface area contributed by atoms with Gasteiger partial charge >= 0.3 is 0 Å². The molecule has 0 bridgehead atoms. The van der Waals surface area contributed by atoms with Gasteiger partial charge in [-0.2, -0.15) is 0 Å². The van der Waals surface area contributed by atoms with Crippen molar-refractivity contribution in [1.29, 1.82) is 0 Å². The van der Waals surface area contributed by atoms with Crippen molar-refractivity contribution >= 4 is 28.4 Å². The Bertz CT molecular complexity index is 1040. The zero-order valence-corrected chi connectivity index (χ0v) is 16.3. The number of hydrogen-bond donors (Lipinski definition) is 2. The number of anilines is 1. The predicted molar refractivity (Wildman–Crippen MR) is 111 cm³/mol. The summed E-state index contributed by atoms with van der Waals surface area (Å²) in [5.41, 5.74) is 5.43. The van der Waals surface area contributed by atoms with Crippen LogP contribution in [0.15, 0.2) is 48.7 Å². The second-order valence-electron chi connectivity index (χ2n) is 7.37. The van der Waals surface area contributed by atoms with Gasteiger partial charge in [-0.25, -0.2) is 0 Å². The Labute approximate surface area is 164 Å². The summed E-state index contributed by atoms with van der Waals surface area (Å²) >= 11 is 0. The number of hydrogen-bond acceptors (Lipinski definition) is 2. The van der Waals surface area contributed by atoms with Crippen LogP contribution in [0.25, 0.3) is 10.9 Å². The lowest BCUT2D eigenvalue weighted by Gasteiger charge is -2.24. The topological polar surface area (TPSA) is 65.2 Å². The van der Waals surface area contributed by atoms with Crippen molar-refractivity contribution < 1.29 is 9.59 Å². The van der Waals surface area contributed by atoms with Crippen LogP contribution in [0.3, 0.4) is 0 Å². The van der Waals surface area contributed by atoms with E-state index < -0.39 is 6.04 Å². The molecule has 2 amide bonds. The SMILES string of the molecule is CCC(=O)N1c2ccccc2C[C@H]1C(=O)NCCc1c[nH]c2ccc(C)cc12. The highest BCUT2D eigenvalue weighted by Gasteiger charge is 2.37. The van der Waals surface area contributed by atoms with Crippen molar-refractivity contribution in [1.82, 2.24) is 10.3 Å². The number of nitrogens with one attached hydrogen (secondary N) is 2. The summed E-state index contributed by atoms with van der Waals surface area (Å²) in [7, 11) is 0. The molecule has 2 N–H and O–H groups in total. The lowest BCUT2D eigenvalue weighted by atomic mass is 10.1. The highest BCUT2D eigenvalue weighted by molar-refractivity contribution is 6.03. The molecule has 0 fully saturated rings. The molecule has 5 heteroatoms. The number of amides is 2. The summed E-state index contributed by atoms with van der Waals surface area (Å²) in [5, 5.41) is 4.24. The minimum atomic E-state index is -0.463. The Morgan fingerprint density at radius 3 is 2.86 bits per heavy atom. The molecule has 2 heterocycles. The van der Waals surface area contributed by atoms with Gasteiger partial charge in [0.05, 0.1) is 0 Å². The van der Waals surface area contributed by atoms with Crippen LogP contribution >= 0.6 is 0 Å². The number of aryl methyl sites for hydroxylation is 1. The second kappa shape index (κ2) is 7.50. The molecule has 0 saturated heterocycles. The van der Waals surface area contributed by atoms with Gasteiger partial charge in [-0.3, -0.25) is 14.5 Å². The van der Waals surface area contributed by atoms with Gasteiger partial charge in [0.25, 0.3) is 0 Å². The van der Waals surface area contributed by atoms with Gasteiger partial charge in [-0.15, -0.1) is 0 Å². The van der Waals surface area contributed by atoms with E-state index in [1.165, 1.54) is 16.5 Å². The number of carbonyl (C=O) groups excluding carboxylic acids is 2. The lowest BCUT2D eigenvalue weighted by Crippen LogP contribution is -2.48. The minimum Gasteiger partial charge on any atom is -0.361 e. The Hall–Kier alpha value is -3.08. The van der Waals surface area contributed by atoms with Crippen LogP contribution in [0.1, 0.15) is 30.0 Å². The van der Waals surface area contributed by atoms with E-state index in [9.17, 15) is 9.59 Å². The minimum absolute atomic E-state index is 0.0165. The molecule has 0 aliphatic carbocycles. The normalized spacial score (nSPS) is 15.6. The number of nitrogens with zero attached hydrogens (tertiary/aromatic N) is 1. The molecule has 0 unspecified atom stereocenters. The zero-order valence-electron chi connectivity index (χ0n) is 16.3. The number of rotatable bonds is 5. The first-order chi connectivity index (χ1) is 13.6. The van der Waals surface area contributed by atoms with Crippen LogP contribution in [-0.2, 0) is 22.4 Å². The van der Waals surface area contributed by atoms with Crippen LogP contribution in [-0.4, -0.2) is 29.4 Å². The van der Waals surface area contributed by atoms with E-state index in [2.05, 4.69) is 35.4 Å². The fraction of sp³-hybridized carbons (Fsp3) is 0.304. The average Bonchev–Trinajstić information content (AvgIpc) is 3.28. The van der Waals surface area contributed by atoms with Crippen LogP contribution in [0.4, 0.5) is 5.69 Å². The average molecular weight is 375 g/mol. The molecule has 0 saturated carbocycles. The van der Waals surface area contributed by atoms with Gasteiger partial charge in [0.15, 0.2) is 0 Å². The summed E-state index contributed by atoms with van der Waals surface area (Å²) in [6, 6.07) is 13.6. The maximum Gasteiger partial charge on any atom is 0.243 e. The maximum absolute atomic E-state index is 12.9. The molecular formula is C23H25N3O2. The molecule has 28 heavy (non-hydrogen) atoms. The first kappa shape index (κ1) is 18.3. The molecule has 1 aromatic heterocycles. The maximum atomic E-state index is 12.9. The molecule has 144 valence electrons. The van der Waals surface area contributed by atoms with Crippen LogP contribution < -0.4 is 10.2 Å². The summed E-state index contributed by atoms with van der Waals surface area (Å²) in [4.78, 5) is 30.3. The molecule has 4 rings (SSSR count). The van der Waals surface area contributed by atoms with Crippen molar-refractivity contribution in [2.75, 3.05) is 11.4 Å². The van der Waals surface area contributed by atoms with E-state index in [1.807, 2.05) is 37.4 Å². The monoisotopic (exact) mass is 375 g/mol. The Morgan fingerprint density at radius 2 is 2.04 bits per heavy atom. The predicted octanol–water partition coefficient (Wildman–Crippen LogP) is 3.50. The van der Waals surface area contributed by atoms with E-state index in [-0.39, 0.29) is 11.8 Å². The van der Waals surface area contributed by atoms with Crippen molar-refractivity contribution in [2.45, 2.75) is 39.2 Å². The third-order valence-electron chi connectivity index (χ3n) is 5.47. The first-order valence-corrected chi connectivity index (χ1v) is 9.82. The van der Waals surface area contributed by atoms with Crippen molar-refractivity contribution in [2.24, 2.45) is 0 Å². The van der Waals surface area contributed by atoms with Crippen molar-refractivity contribution in [3.05, 3.63) is 65.4 Å². The molecule has 0 radical (unpaired) electrons. The third-order valence-corrected chi connectivity index (χ3v) is 5.47. The molecular weight excluding hydrogens is 350 g/mol. The van der Waals surface area contributed by atoms with Gasteiger partial charge in [-0.05, 0) is 42.7 Å². The number of aromatic amines is 1. The van der Waals surface area contributed by atoms with E-state index in [0.717, 1.165) is 23.2 Å². The molecule has 0 spiro atoms. The standard InChI is InChI=1S/C23H25N3O2/c1-3-22(27)26-20-7-5-4-6-16(20)13-21(26)23(28)24-11-10-17-14-25-19-9-8-15(2)12-18(17)19/h4-9,12,14,21,25H,3,10-11,13H2,1-2H3,(H,24,28)/t21-/m0/s1. The van der Waals surface area contributed by atoms with Crippen molar-refractivity contribution in [3.8, 4) is 0 Å².